The van der Waals surface area contributed by atoms with Crippen LogP contribution >= 0.6 is 0 Å². The Labute approximate surface area is 93.9 Å². The number of para-hydroxylation sites is 2. The summed E-state index contributed by atoms with van der Waals surface area (Å²) in [7, 11) is -0.363. The van der Waals surface area contributed by atoms with Crippen LogP contribution in [0.1, 0.15) is 0 Å². The topological polar surface area (TPSA) is 44.5 Å². The highest BCUT2D eigenvalue weighted by atomic mass is 16.6. The van der Waals surface area contributed by atoms with E-state index < -0.39 is 0 Å². The fourth-order valence-electron chi connectivity index (χ4n) is 1.69. The van der Waals surface area contributed by atoms with E-state index in [1.165, 1.54) is 0 Å². The largest absolute Gasteiger partial charge is 0.632 e. The smallest absolute Gasteiger partial charge is 0.519 e. The van der Waals surface area contributed by atoms with Gasteiger partial charge in [0.05, 0.1) is 0 Å². The minimum atomic E-state index is -0.363. The fraction of sp³-hybridized carbons (Fsp3) is 0. The first-order chi connectivity index (χ1) is 7.83. The second-order valence-electron chi connectivity index (χ2n) is 3.68. The van der Waals surface area contributed by atoms with Crippen LogP contribution in [0.4, 0.5) is 5.69 Å². The number of anilines is 1. The number of hydrogen-bond donors (Lipinski definition) is 1. The highest BCUT2D eigenvalue weighted by Crippen LogP contribution is 2.32. The van der Waals surface area contributed by atoms with Crippen LogP contribution in [0.3, 0.4) is 0 Å². The third-order valence-electron chi connectivity index (χ3n) is 2.53. The van der Waals surface area contributed by atoms with E-state index in [0.717, 1.165) is 22.6 Å². The van der Waals surface area contributed by atoms with Gasteiger partial charge in [0.2, 0.25) is 0 Å². The Morgan fingerprint density at radius 1 is 0.812 bits per heavy atom. The van der Waals surface area contributed by atoms with Crippen LogP contribution in [0.2, 0.25) is 0 Å². The van der Waals surface area contributed by atoms with Crippen molar-refractivity contribution in [3.8, 4) is 11.5 Å². The molecule has 0 amide bonds. The Hall–Kier alpha value is -2.10. The van der Waals surface area contributed by atoms with Crippen LogP contribution in [-0.2, 0) is 0 Å². The van der Waals surface area contributed by atoms with E-state index in [1.54, 1.807) is 0 Å². The number of nitrogens with two attached hydrogens (primary N) is 1. The van der Waals surface area contributed by atoms with E-state index in [9.17, 15) is 0 Å². The van der Waals surface area contributed by atoms with Crippen molar-refractivity contribution in [3.63, 3.8) is 0 Å². The van der Waals surface area contributed by atoms with Crippen molar-refractivity contribution >= 4 is 18.3 Å². The van der Waals surface area contributed by atoms with Crippen LogP contribution in [0, 0.1) is 0 Å². The molecule has 0 bridgehead atoms. The van der Waals surface area contributed by atoms with E-state index in [2.05, 4.69) is 0 Å². The van der Waals surface area contributed by atoms with Crippen molar-refractivity contribution in [1.29, 1.82) is 0 Å². The van der Waals surface area contributed by atoms with E-state index in [-0.39, 0.29) is 7.12 Å². The fourth-order valence-corrected chi connectivity index (χ4v) is 1.69. The zero-order valence-corrected chi connectivity index (χ0v) is 8.59. The molecule has 1 aliphatic rings. The van der Waals surface area contributed by atoms with Gasteiger partial charge in [-0.1, -0.05) is 24.3 Å². The second-order valence-corrected chi connectivity index (χ2v) is 3.68. The minimum Gasteiger partial charge on any atom is -0.519 e. The highest BCUT2D eigenvalue weighted by molar-refractivity contribution is 6.63. The highest BCUT2D eigenvalue weighted by Gasteiger charge is 2.33. The van der Waals surface area contributed by atoms with Gasteiger partial charge in [-0.25, -0.2) is 0 Å². The molecule has 1 aliphatic heterocycles. The third kappa shape index (κ3) is 1.48. The molecule has 4 heteroatoms. The zero-order chi connectivity index (χ0) is 11.0. The van der Waals surface area contributed by atoms with Crippen molar-refractivity contribution in [1.82, 2.24) is 0 Å². The standard InChI is InChI=1S/C12H10BNO2/c14-10-7-5-9(6-8-10)13-15-11-3-1-2-4-12(11)16-13/h1-8H,14H2. The maximum Gasteiger partial charge on any atom is 0.632 e. The van der Waals surface area contributed by atoms with E-state index in [0.29, 0.717) is 0 Å². The predicted octanol–water partition coefficient (Wildman–Crippen LogP) is 1.44. The van der Waals surface area contributed by atoms with Gasteiger partial charge in [-0.2, -0.15) is 0 Å². The second kappa shape index (κ2) is 3.49. The Bertz CT molecular complexity index is 488. The van der Waals surface area contributed by atoms with Crippen molar-refractivity contribution in [3.05, 3.63) is 48.5 Å². The van der Waals surface area contributed by atoms with Crippen LogP contribution in [0.15, 0.2) is 48.5 Å². The summed E-state index contributed by atoms with van der Waals surface area (Å²) in [5, 5.41) is 0. The Kier molecular flexibility index (Phi) is 1.99. The molecule has 0 atom stereocenters. The van der Waals surface area contributed by atoms with Crippen LogP contribution < -0.4 is 20.5 Å². The Morgan fingerprint density at radius 3 is 1.94 bits per heavy atom. The average Bonchev–Trinajstić information content (AvgIpc) is 2.73. The summed E-state index contributed by atoms with van der Waals surface area (Å²) in [5.41, 5.74) is 7.33. The van der Waals surface area contributed by atoms with Gasteiger partial charge >= 0.3 is 7.12 Å². The first-order valence-electron chi connectivity index (χ1n) is 5.11. The van der Waals surface area contributed by atoms with Gasteiger partial charge in [-0.3, -0.25) is 0 Å². The van der Waals surface area contributed by atoms with Crippen LogP contribution in [0.25, 0.3) is 0 Å². The molecule has 0 spiro atoms. The number of hydrogen-bond acceptors (Lipinski definition) is 3. The molecule has 0 fully saturated rings. The number of nitrogen functional groups attached to an aromatic ring is 1. The Morgan fingerprint density at radius 2 is 1.38 bits per heavy atom. The van der Waals surface area contributed by atoms with Gasteiger partial charge in [-0.15, -0.1) is 0 Å². The summed E-state index contributed by atoms with van der Waals surface area (Å²) in [6.07, 6.45) is 0. The van der Waals surface area contributed by atoms with Gasteiger partial charge in [0.1, 0.15) is 11.5 Å². The molecule has 0 saturated heterocycles. The summed E-state index contributed by atoms with van der Waals surface area (Å²) in [6.45, 7) is 0. The summed E-state index contributed by atoms with van der Waals surface area (Å²) < 4.78 is 11.3. The van der Waals surface area contributed by atoms with Crippen LogP contribution in [-0.4, -0.2) is 7.12 Å². The summed E-state index contributed by atoms with van der Waals surface area (Å²) in [4.78, 5) is 0. The zero-order valence-electron chi connectivity index (χ0n) is 8.59. The molecule has 3 rings (SSSR count). The molecule has 16 heavy (non-hydrogen) atoms. The van der Waals surface area contributed by atoms with E-state index >= 15 is 0 Å². The normalized spacial score (nSPS) is 12.9. The van der Waals surface area contributed by atoms with Crippen molar-refractivity contribution in [2.24, 2.45) is 0 Å². The first-order valence-corrected chi connectivity index (χ1v) is 5.11. The van der Waals surface area contributed by atoms with Gasteiger partial charge in [0.15, 0.2) is 0 Å². The first kappa shape index (κ1) is 9.15. The molecule has 0 saturated carbocycles. The molecule has 0 aromatic heterocycles. The monoisotopic (exact) mass is 211 g/mol. The lowest BCUT2D eigenvalue weighted by atomic mass is 9.79. The molecule has 2 aromatic carbocycles. The Balaban J connectivity index is 1.88. The molecule has 0 aliphatic carbocycles. The maximum atomic E-state index is 5.67. The molecule has 78 valence electrons. The van der Waals surface area contributed by atoms with Gasteiger partial charge in [-0.05, 0) is 24.3 Å². The SMILES string of the molecule is Nc1ccc(B2Oc3ccccc3O2)cc1. The summed E-state index contributed by atoms with van der Waals surface area (Å²) >= 11 is 0. The summed E-state index contributed by atoms with van der Waals surface area (Å²) in [6, 6.07) is 15.1. The minimum absolute atomic E-state index is 0.363. The molecule has 1 heterocycles. The number of benzene rings is 2. The lowest BCUT2D eigenvalue weighted by molar-refractivity contribution is 0.519. The van der Waals surface area contributed by atoms with Gasteiger partial charge in [0.25, 0.3) is 0 Å². The van der Waals surface area contributed by atoms with Gasteiger partial charge in [0, 0.05) is 11.2 Å². The number of rotatable bonds is 1. The average molecular weight is 211 g/mol. The summed E-state index contributed by atoms with van der Waals surface area (Å²) in [5.74, 6) is 1.56. The number of fused-ring (bicyclic) bond motifs is 1. The van der Waals surface area contributed by atoms with Crippen LogP contribution in [0.5, 0.6) is 11.5 Å². The molecular weight excluding hydrogens is 201 g/mol. The van der Waals surface area contributed by atoms with E-state index in [1.807, 2.05) is 48.5 Å². The van der Waals surface area contributed by atoms with Gasteiger partial charge < -0.3 is 15.0 Å². The van der Waals surface area contributed by atoms with E-state index in [4.69, 9.17) is 15.0 Å². The molecular formula is C12H10BNO2. The maximum absolute atomic E-state index is 5.67. The molecule has 0 radical (unpaired) electrons. The quantitative estimate of drug-likeness (QED) is 0.573. The molecule has 3 nitrogen and oxygen atoms in total. The predicted molar refractivity (Wildman–Crippen MR) is 63.9 cm³/mol. The third-order valence-corrected chi connectivity index (χ3v) is 2.53. The van der Waals surface area contributed by atoms with Crippen molar-refractivity contribution in [2.75, 3.05) is 5.73 Å². The molecule has 2 aromatic rings. The van der Waals surface area contributed by atoms with Crippen molar-refractivity contribution in [2.45, 2.75) is 0 Å². The lowest BCUT2D eigenvalue weighted by Crippen LogP contribution is -2.38. The lowest BCUT2D eigenvalue weighted by Gasteiger charge is -2.04. The molecule has 0 unspecified atom stereocenters. The van der Waals surface area contributed by atoms with Crippen molar-refractivity contribution < 1.29 is 9.31 Å². The molecule has 2 N–H and O–H groups in total.